The van der Waals surface area contributed by atoms with Gasteiger partial charge in [-0.2, -0.15) is 10.5 Å². The molecule has 0 radical (unpaired) electrons. The molecule has 6 aromatic carbocycles. The largest absolute Gasteiger partial charge is 0.255 e. The Hall–Kier alpha value is -8.05. The second kappa shape index (κ2) is 16.0. The smallest absolute Gasteiger partial charge is 0.187 e. The molecule has 4 fully saturated rings. The van der Waals surface area contributed by atoms with E-state index in [4.69, 9.17) is 26.5 Å². The van der Waals surface area contributed by atoms with Gasteiger partial charge in [0.2, 0.25) is 0 Å². The monoisotopic (exact) mass is 823 g/mol. The van der Waals surface area contributed by atoms with Gasteiger partial charge in [0.05, 0.1) is 29.5 Å². The number of hydrogen-bond donors (Lipinski definition) is 0. The van der Waals surface area contributed by atoms with Gasteiger partial charge in [-0.05, 0) is 149 Å². The predicted octanol–water partition coefficient (Wildman–Crippen LogP) is 13.7. The Bertz CT molecular complexity index is 3150. The van der Waals surface area contributed by atoms with E-state index < -0.39 is 0 Å². The van der Waals surface area contributed by atoms with E-state index in [1.54, 1.807) is 12.3 Å². The first-order valence-electron chi connectivity index (χ1n) is 22.0. The average Bonchev–Trinajstić information content (AvgIpc) is 3.36. The van der Waals surface area contributed by atoms with Crippen molar-refractivity contribution in [1.82, 2.24) is 19.9 Å². The molecule has 4 saturated carbocycles. The Balaban J connectivity index is 1.03. The van der Waals surface area contributed by atoms with E-state index in [1.807, 2.05) is 84.9 Å². The first kappa shape index (κ1) is 38.8. The maximum Gasteiger partial charge on any atom is 0.187 e. The summed E-state index contributed by atoms with van der Waals surface area (Å²) in [6, 6.07) is 55.4. The molecule has 0 amide bonds. The molecule has 12 rings (SSSR count). The van der Waals surface area contributed by atoms with Crippen LogP contribution in [0.3, 0.4) is 0 Å². The van der Waals surface area contributed by atoms with E-state index in [1.165, 1.54) is 44.1 Å². The fraction of sp³-hybridized carbons (Fsp3) is 0.175. The average molecular weight is 824 g/mol. The zero-order chi connectivity index (χ0) is 43.2. The molecule has 0 aliphatic heterocycles. The lowest BCUT2D eigenvalue weighted by Gasteiger charge is -2.57. The Kier molecular flexibility index (Phi) is 9.72. The van der Waals surface area contributed by atoms with Crippen LogP contribution in [-0.2, 0) is 5.41 Å². The topological polar surface area (TPSA) is 104 Å². The fourth-order valence-corrected chi connectivity index (χ4v) is 11.1. The maximum absolute atomic E-state index is 9.57. The number of hydrogen-bond acceptors (Lipinski definition) is 6. The molecule has 7 heteroatoms. The van der Waals surface area contributed by atoms with Gasteiger partial charge >= 0.3 is 0 Å². The van der Waals surface area contributed by atoms with Crippen LogP contribution in [0.2, 0.25) is 0 Å². The molecule has 0 N–H and O–H groups in total. The number of nitriles is 2. The van der Waals surface area contributed by atoms with Crippen molar-refractivity contribution in [2.45, 2.75) is 43.9 Å². The third-order valence-electron chi connectivity index (χ3n) is 13.8. The summed E-state index contributed by atoms with van der Waals surface area (Å²) in [5.41, 5.74) is 13.7. The minimum absolute atomic E-state index is 0.309. The molecule has 4 aliphatic rings. The van der Waals surface area contributed by atoms with Gasteiger partial charge in [-0.3, -0.25) is 4.98 Å². The van der Waals surface area contributed by atoms with Gasteiger partial charge in [0.15, 0.2) is 23.2 Å². The first-order valence-corrected chi connectivity index (χ1v) is 22.0. The van der Waals surface area contributed by atoms with Crippen LogP contribution in [-0.4, -0.2) is 19.9 Å². The Morgan fingerprint density at radius 1 is 0.469 bits per heavy atom. The number of rotatable bonds is 8. The van der Waals surface area contributed by atoms with Gasteiger partial charge < -0.3 is 0 Å². The second-order valence-corrected chi connectivity index (χ2v) is 17.9. The molecule has 2 heterocycles. The highest BCUT2D eigenvalue weighted by Crippen LogP contribution is 2.60. The van der Waals surface area contributed by atoms with Crippen LogP contribution < -0.4 is 0 Å². The molecule has 7 nitrogen and oxygen atoms in total. The number of benzene rings is 6. The summed E-state index contributed by atoms with van der Waals surface area (Å²) >= 11 is 0. The van der Waals surface area contributed by atoms with E-state index >= 15 is 0 Å². The van der Waals surface area contributed by atoms with E-state index in [0.29, 0.717) is 39.7 Å². The van der Waals surface area contributed by atoms with Crippen LogP contribution in [0.5, 0.6) is 0 Å². The molecular weight excluding hydrogens is 783 g/mol. The maximum atomic E-state index is 9.57. The first-order chi connectivity index (χ1) is 31.4. The minimum Gasteiger partial charge on any atom is -0.255 e. The van der Waals surface area contributed by atoms with Crippen LogP contribution in [0.4, 0.5) is 5.69 Å². The van der Waals surface area contributed by atoms with Crippen LogP contribution in [0.15, 0.2) is 158 Å². The molecule has 64 heavy (non-hydrogen) atoms. The van der Waals surface area contributed by atoms with Crippen molar-refractivity contribution in [1.29, 1.82) is 10.5 Å². The lowest BCUT2D eigenvalue weighted by molar-refractivity contribution is -0.00518. The molecule has 2 aromatic heterocycles. The second-order valence-electron chi connectivity index (χ2n) is 17.9. The number of pyridine rings is 1. The van der Waals surface area contributed by atoms with Gasteiger partial charge in [0.25, 0.3) is 0 Å². The van der Waals surface area contributed by atoms with Crippen LogP contribution >= 0.6 is 0 Å². The lowest BCUT2D eigenvalue weighted by Crippen LogP contribution is -2.48. The van der Waals surface area contributed by atoms with E-state index in [-0.39, 0.29) is 0 Å². The molecule has 4 bridgehead atoms. The third kappa shape index (κ3) is 7.40. The highest BCUT2D eigenvalue weighted by Gasteiger charge is 2.51. The number of aromatic nitrogens is 4. The quantitative estimate of drug-likeness (QED) is 0.141. The van der Waals surface area contributed by atoms with Gasteiger partial charge in [-0.15, -0.1) is 0 Å². The van der Waals surface area contributed by atoms with Crippen molar-refractivity contribution in [2.75, 3.05) is 0 Å². The summed E-state index contributed by atoms with van der Waals surface area (Å²) in [5, 5.41) is 19.0. The van der Waals surface area contributed by atoms with E-state index in [2.05, 4.69) is 77.6 Å². The predicted molar refractivity (Wildman–Crippen MR) is 251 cm³/mol. The Labute approximate surface area is 373 Å². The minimum atomic E-state index is 0.309. The van der Waals surface area contributed by atoms with Crippen molar-refractivity contribution in [3.63, 3.8) is 0 Å². The molecule has 0 spiro atoms. The van der Waals surface area contributed by atoms with E-state index in [0.717, 1.165) is 79.1 Å². The normalized spacial score (nSPS) is 19.4. The number of nitrogens with zero attached hydrogens (tertiary/aromatic N) is 7. The SMILES string of the molecule is [C-]#[N+]c1ccc(-c2ccc(-c3nc(-c4cccc(-c5ccc(C#N)cc5)c4)nc(-c4cc(-c5ccc(C67CC8CC(CC(C8)C6)C7)cc5)cc(-c5ccc(C#N)cn5)c4)n3)cc2)cc1. The zero-order valence-electron chi connectivity index (χ0n) is 35.1. The third-order valence-corrected chi connectivity index (χ3v) is 13.8. The highest BCUT2D eigenvalue weighted by molar-refractivity contribution is 5.80. The standard InChI is InChI=1S/C57H41N7/c1-60-52-20-16-42(17-21-52)41-10-12-45(13-11-41)54-62-55(47-4-2-3-46(26-47)43-8-5-36(33-58)6-9-43)64-56(63-54)50-28-48(27-49(29-50)53-22-7-37(34-59)35-61-53)44-14-18-51(19-15-44)57-30-38-23-39(31-57)25-40(24-38)32-57/h2-22,26-29,35,38-40H,23-25,30-32H2. The van der Waals surface area contributed by atoms with Crippen molar-refractivity contribution in [3.05, 3.63) is 186 Å². The van der Waals surface area contributed by atoms with Crippen molar-refractivity contribution >= 4 is 5.69 Å². The molecule has 0 atom stereocenters. The van der Waals surface area contributed by atoms with Gasteiger partial charge in [0, 0.05) is 28.5 Å². The lowest BCUT2D eigenvalue weighted by atomic mass is 9.48. The van der Waals surface area contributed by atoms with Crippen LogP contribution in [0.1, 0.15) is 55.2 Å². The van der Waals surface area contributed by atoms with Crippen molar-refractivity contribution in [2.24, 2.45) is 17.8 Å². The summed E-state index contributed by atoms with van der Waals surface area (Å²) in [7, 11) is 0. The Morgan fingerprint density at radius 3 is 1.55 bits per heavy atom. The Morgan fingerprint density at radius 2 is 0.938 bits per heavy atom. The van der Waals surface area contributed by atoms with Gasteiger partial charge in [-0.1, -0.05) is 103 Å². The summed E-state index contributed by atoms with van der Waals surface area (Å²) in [6.45, 7) is 7.35. The zero-order valence-corrected chi connectivity index (χ0v) is 35.1. The van der Waals surface area contributed by atoms with E-state index in [9.17, 15) is 10.5 Å². The van der Waals surface area contributed by atoms with Crippen molar-refractivity contribution in [3.8, 4) is 90.9 Å². The molecule has 0 unspecified atom stereocenters. The summed E-state index contributed by atoms with van der Waals surface area (Å²) in [6.07, 6.45) is 9.84. The van der Waals surface area contributed by atoms with Gasteiger partial charge in [0.1, 0.15) is 6.07 Å². The molecule has 4 aliphatic carbocycles. The summed E-state index contributed by atoms with van der Waals surface area (Å²) < 4.78 is 0. The summed E-state index contributed by atoms with van der Waals surface area (Å²) in [5.74, 6) is 4.20. The van der Waals surface area contributed by atoms with Crippen LogP contribution in [0, 0.1) is 47.0 Å². The van der Waals surface area contributed by atoms with Crippen molar-refractivity contribution < 1.29 is 0 Å². The molecule has 0 saturated heterocycles. The molecule has 304 valence electrons. The molecular formula is C57H41N7. The van der Waals surface area contributed by atoms with Gasteiger partial charge in [-0.25, -0.2) is 19.8 Å². The summed E-state index contributed by atoms with van der Waals surface area (Å²) in [4.78, 5) is 23.8. The highest BCUT2D eigenvalue weighted by atomic mass is 15.0. The molecule has 8 aromatic rings. The van der Waals surface area contributed by atoms with Crippen LogP contribution in [0.25, 0.3) is 83.6 Å². The fourth-order valence-electron chi connectivity index (χ4n) is 11.1.